The Morgan fingerprint density at radius 3 is 1.96 bits per heavy atom. The van der Waals surface area contributed by atoms with Gasteiger partial charge in [0.05, 0.1) is 18.7 Å². The van der Waals surface area contributed by atoms with E-state index in [0.717, 1.165) is 16.3 Å². The topological polar surface area (TPSA) is 96.0 Å². The second-order valence-electron chi connectivity index (χ2n) is 5.86. The SMILES string of the molecule is COc1ncccc1Br.COc1ncccc1C1CC1.O.O[B]C1CC1. The van der Waals surface area contributed by atoms with E-state index in [9.17, 15) is 0 Å². The highest BCUT2D eigenvalue weighted by atomic mass is 79.9. The van der Waals surface area contributed by atoms with Crippen LogP contribution < -0.4 is 9.47 Å². The van der Waals surface area contributed by atoms with Gasteiger partial charge in [0, 0.05) is 18.0 Å². The highest BCUT2D eigenvalue weighted by molar-refractivity contribution is 9.10. The van der Waals surface area contributed by atoms with E-state index in [1.807, 2.05) is 18.2 Å². The van der Waals surface area contributed by atoms with Crippen LogP contribution in [0, 0.1) is 0 Å². The van der Waals surface area contributed by atoms with Crippen LogP contribution in [0.15, 0.2) is 41.1 Å². The van der Waals surface area contributed by atoms with Crippen molar-refractivity contribution in [3.8, 4) is 11.8 Å². The minimum absolute atomic E-state index is 0. The Hall–Kier alpha value is -1.64. The molecule has 2 aliphatic carbocycles. The number of halogens is 1. The normalized spacial score (nSPS) is 14.5. The number of methoxy groups -OCH3 is 2. The van der Waals surface area contributed by atoms with Crippen molar-refractivity contribution in [1.82, 2.24) is 9.97 Å². The lowest BCUT2D eigenvalue weighted by Gasteiger charge is -2.03. The van der Waals surface area contributed by atoms with Crippen molar-refractivity contribution >= 4 is 23.4 Å². The van der Waals surface area contributed by atoms with Gasteiger partial charge in [-0.15, -0.1) is 0 Å². The van der Waals surface area contributed by atoms with E-state index >= 15 is 0 Å². The smallest absolute Gasteiger partial charge is 0.290 e. The van der Waals surface area contributed by atoms with Crippen molar-refractivity contribution in [1.29, 1.82) is 0 Å². The van der Waals surface area contributed by atoms with Crippen molar-refractivity contribution in [2.24, 2.45) is 0 Å². The van der Waals surface area contributed by atoms with E-state index in [1.54, 1.807) is 26.6 Å². The van der Waals surface area contributed by atoms with Crippen LogP contribution in [0.4, 0.5) is 0 Å². The zero-order valence-electron chi connectivity index (χ0n) is 15.1. The summed E-state index contributed by atoms with van der Waals surface area (Å²) < 4.78 is 10.9. The summed E-state index contributed by atoms with van der Waals surface area (Å²) in [4.78, 5) is 8.06. The first kappa shape index (κ1) is 22.4. The Morgan fingerprint density at radius 2 is 1.58 bits per heavy atom. The van der Waals surface area contributed by atoms with Gasteiger partial charge in [-0.2, -0.15) is 0 Å². The van der Waals surface area contributed by atoms with Gasteiger partial charge in [-0.25, -0.2) is 9.97 Å². The average Bonchev–Trinajstić information content (AvgIpc) is 3.56. The van der Waals surface area contributed by atoms with Crippen LogP contribution in [0.1, 0.15) is 37.2 Å². The lowest BCUT2D eigenvalue weighted by Crippen LogP contribution is -1.91. The van der Waals surface area contributed by atoms with Crippen LogP contribution >= 0.6 is 15.9 Å². The second kappa shape index (κ2) is 11.9. The van der Waals surface area contributed by atoms with Crippen LogP contribution in [-0.4, -0.2) is 42.2 Å². The molecule has 2 fully saturated rings. The van der Waals surface area contributed by atoms with E-state index in [2.05, 4.69) is 32.0 Å². The minimum Gasteiger partial charge on any atom is -0.481 e. The summed E-state index contributed by atoms with van der Waals surface area (Å²) in [6.45, 7) is 0. The Balaban J connectivity index is 0.000000204. The summed E-state index contributed by atoms with van der Waals surface area (Å²) in [7, 11) is 4.54. The summed E-state index contributed by atoms with van der Waals surface area (Å²) >= 11 is 3.27. The van der Waals surface area contributed by atoms with Gasteiger partial charge in [-0.05, 0) is 58.7 Å². The Morgan fingerprint density at radius 1 is 1.00 bits per heavy atom. The first-order valence-corrected chi connectivity index (χ1v) is 9.09. The van der Waals surface area contributed by atoms with Gasteiger partial charge in [0.1, 0.15) is 0 Å². The molecule has 4 rings (SSSR count). The maximum atomic E-state index is 8.08. The summed E-state index contributed by atoms with van der Waals surface area (Å²) in [5.41, 5.74) is 1.27. The molecular formula is C18H25BBrN2O4. The fourth-order valence-corrected chi connectivity index (χ4v) is 2.46. The number of nitrogens with zero attached hydrogens (tertiary/aromatic N) is 2. The predicted octanol–water partition coefficient (Wildman–Crippen LogP) is 3.18. The third-order valence-corrected chi connectivity index (χ3v) is 4.37. The predicted molar refractivity (Wildman–Crippen MR) is 106 cm³/mol. The molecule has 1 radical (unpaired) electrons. The molecule has 2 aromatic rings. The standard InChI is InChI=1S/C9H11NO.C6H6BrNO.C3H6BO.H2O/c1-11-9-8(7-4-5-7)3-2-6-10-9;1-9-6-5(7)3-2-4-8-6;5-4-3-1-2-3;/h2-3,6-7H,4-5H2,1H3;2-4H,1H3;3,5H,1-2H2;1H2. The van der Waals surface area contributed by atoms with E-state index in [-0.39, 0.29) is 5.48 Å². The number of hydrogen-bond acceptors (Lipinski definition) is 5. The van der Waals surface area contributed by atoms with Gasteiger partial charge in [0.25, 0.3) is 7.48 Å². The molecule has 0 bridgehead atoms. The Labute approximate surface area is 163 Å². The fraction of sp³-hybridized carbons (Fsp3) is 0.444. The third-order valence-electron chi connectivity index (χ3n) is 3.76. The molecule has 26 heavy (non-hydrogen) atoms. The largest absolute Gasteiger partial charge is 0.481 e. The van der Waals surface area contributed by atoms with Crippen molar-refractivity contribution in [2.45, 2.75) is 37.4 Å². The van der Waals surface area contributed by atoms with Crippen LogP contribution in [0.5, 0.6) is 11.8 Å². The lowest BCUT2D eigenvalue weighted by molar-refractivity contribution is 0.392. The van der Waals surface area contributed by atoms with Crippen molar-refractivity contribution in [3.05, 3.63) is 46.7 Å². The molecule has 0 aromatic carbocycles. The molecule has 8 heteroatoms. The van der Waals surface area contributed by atoms with Gasteiger partial charge < -0.3 is 20.0 Å². The molecule has 6 nitrogen and oxygen atoms in total. The second-order valence-corrected chi connectivity index (χ2v) is 6.71. The molecular weight excluding hydrogens is 399 g/mol. The fourth-order valence-electron chi connectivity index (χ4n) is 2.05. The summed E-state index contributed by atoms with van der Waals surface area (Å²) in [5, 5.41) is 8.08. The number of rotatable bonds is 4. The molecule has 2 aliphatic rings. The molecule has 2 heterocycles. The third kappa shape index (κ3) is 7.72. The molecule has 2 aromatic heterocycles. The molecule has 0 saturated heterocycles. The molecule has 3 N–H and O–H groups in total. The van der Waals surface area contributed by atoms with E-state index < -0.39 is 0 Å². The minimum atomic E-state index is 0. The van der Waals surface area contributed by atoms with Crippen molar-refractivity contribution in [3.63, 3.8) is 0 Å². The number of ether oxygens (including phenoxy) is 2. The zero-order chi connectivity index (χ0) is 18.1. The number of pyridine rings is 2. The average molecular weight is 424 g/mol. The van der Waals surface area contributed by atoms with Gasteiger partial charge >= 0.3 is 0 Å². The maximum absolute atomic E-state index is 8.08. The maximum Gasteiger partial charge on any atom is 0.290 e. The first-order valence-electron chi connectivity index (χ1n) is 8.30. The molecule has 2 saturated carbocycles. The zero-order valence-corrected chi connectivity index (χ0v) is 16.6. The van der Waals surface area contributed by atoms with E-state index in [4.69, 9.17) is 14.5 Å². The van der Waals surface area contributed by atoms with Crippen molar-refractivity contribution < 1.29 is 20.0 Å². The molecule has 0 amide bonds. The monoisotopic (exact) mass is 423 g/mol. The van der Waals surface area contributed by atoms with Crippen LogP contribution in [0.25, 0.3) is 0 Å². The first-order chi connectivity index (χ1) is 12.2. The van der Waals surface area contributed by atoms with Gasteiger partial charge in [0.15, 0.2) is 0 Å². The molecule has 141 valence electrons. The molecule has 0 unspecified atom stereocenters. The summed E-state index contributed by atoms with van der Waals surface area (Å²) in [5.74, 6) is 2.71. The van der Waals surface area contributed by atoms with E-state index in [0.29, 0.717) is 11.7 Å². The summed E-state index contributed by atoms with van der Waals surface area (Å²) in [6, 6.07) is 7.79. The highest BCUT2D eigenvalue weighted by Crippen LogP contribution is 2.43. The van der Waals surface area contributed by atoms with Gasteiger partial charge in [-0.1, -0.05) is 18.9 Å². The number of hydrogen-bond donors (Lipinski definition) is 1. The lowest BCUT2D eigenvalue weighted by atomic mass is 9.94. The van der Waals surface area contributed by atoms with E-state index in [1.165, 1.54) is 38.7 Å². The van der Waals surface area contributed by atoms with Crippen LogP contribution in [0.2, 0.25) is 5.82 Å². The quantitative estimate of drug-likeness (QED) is 0.761. The number of aromatic nitrogens is 2. The van der Waals surface area contributed by atoms with Gasteiger partial charge in [-0.3, -0.25) is 0 Å². The molecule has 0 aliphatic heterocycles. The Bertz CT molecular complexity index is 655. The molecule has 0 spiro atoms. The van der Waals surface area contributed by atoms with Gasteiger partial charge in [0.2, 0.25) is 11.8 Å². The highest BCUT2D eigenvalue weighted by Gasteiger charge is 2.26. The van der Waals surface area contributed by atoms with Crippen LogP contribution in [0.3, 0.4) is 0 Å². The Kier molecular flexibility index (Phi) is 10.2. The van der Waals surface area contributed by atoms with Crippen LogP contribution in [-0.2, 0) is 0 Å². The summed E-state index contributed by atoms with van der Waals surface area (Å²) in [6.07, 6.45) is 8.45. The molecule has 0 atom stereocenters. The van der Waals surface area contributed by atoms with Crippen molar-refractivity contribution in [2.75, 3.05) is 14.2 Å².